The Bertz CT molecular complexity index is 812. The van der Waals surface area contributed by atoms with E-state index in [1.807, 2.05) is 6.07 Å². The van der Waals surface area contributed by atoms with Crippen molar-refractivity contribution in [2.75, 3.05) is 0 Å². The number of unbranched alkanes of at least 4 members (excludes halogenated alkanes) is 9. The highest BCUT2D eigenvalue weighted by Crippen LogP contribution is 2.41. The maximum absolute atomic E-state index is 12.1. The van der Waals surface area contributed by atoms with E-state index in [2.05, 4.69) is 37.3 Å². The van der Waals surface area contributed by atoms with Gasteiger partial charge in [-0.05, 0) is 41.7 Å². The van der Waals surface area contributed by atoms with Crippen molar-refractivity contribution in [3.8, 4) is 0 Å². The number of carboxylic acid groups (broad SMARTS) is 1. The van der Waals surface area contributed by atoms with Crippen molar-refractivity contribution >= 4 is 17.7 Å². The van der Waals surface area contributed by atoms with Gasteiger partial charge in [-0.2, -0.15) is 0 Å². The molecule has 3 rings (SSSR count). The molecule has 1 aliphatic rings. The number of aryl methyl sites for hydroxylation is 1. The topological polar surface area (TPSA) is 37.3 Å². The zero-order chi connectivity index (χ0) is 20.5. The highest BCUT2D eigenvalue weighted by molar-refractivity contribution is 7.99. The fraction of sp³-hybridized carbons (Fsp3) is 0.500. The molecule has 0 aliphatic carbocycles. The second-order valence-corrected chi connectivity index (χ2v) is 9.28. The molecule has 0 unspecified atom stereocenters. The van der Waals surface area contributed by atoms with E-state index in [0.29, 0.717) is 5.56 Å². The van der Waals surface area contributed by atoms with Gasteiger partial charge >= 0.3 is 5.97 Å². The lowest BCUT2D eigenvalue weighted by atomic mass is 9.92. The maximum atomic E-state index is 12.1. The van der Waals surface area contributed by atoms with Crippen LogP contribution >= 0.6 is 11.8 Å². The molecule has 0 aromatic heterocycles. The summed E-state index contributed by atoms with van der Waals surface area (Å²) in [6.45, 7) is 2.26. The molecule has 0 fully saturated rings. The molecule has 0 saturated heterocycles. The van der Waals surface area contributed by atoms with E-state index >= 15 is 0 Å². The van der Waals surface area contributed by atoms with E-state index in [-0.39, 0.29) is 0 Å². The second-order valence-electron chi connectivity index (χ2n) is 8.20. The summed E-state index contributed by atoms with van der Waals surface area (Å²) in [7, 11) is 0. The highest BCUT2D eigenvalue weighted by atomic mass is 32.2. The number of carboxylic acids is 1. The van der Waals surface area contributed by atoms with E-state index in [0.717, 1.165) is 35.3 Å². The first-order chi connectivity index (χ1) is 14.2. The van der Waals surface area contributed by atoms with Crippen LogP contribution in [0, 0.1) is 0 Å². The molecule has 156 valence electrons. The number of hydrogen-bond acceptors (Lipinski definition) is 2. The molecule has 0 spiro atoms. The molecule has 0 amide bonds. The molecule has 0 atom stereocenters. The third-order valence-corrected chi connectivity index (χ3v) is 7.15. The van der Waals surface area contributed by atoms with E-state index in [4.69, 9.17) is 0 Å². The molecular formula is C26H34O2S. The van der Waals surface area contributed by atoms with Crippen molar-refractivity contribution in [3.63, 3.8) is 0 Å². The van der Waals surface area contributed by atoms with Crippen LogP contribution in [0.25, 0.3) is 0 Å². The molecule has 2 nitrogen and oxygen atoms in total. The average Bonchev–Trinajstić information content (AvgIpc) is 2.73. The summed E-state index contributed by atoms with van der Waals surface area (Å²) in [4.78, 5) is 14.4. The fourth-order valence-corrected chi connectivity index (χ4v) is 5.37. The minimum atomic E-state index is -0.774. The van der Waals surface area contributed by atoms with Crippen LogP contribution in [0.4, 0.5) is 0 Å². The zero-order valence-electron chi connectivity index (χ0n) is 17.7. The third-order valence-electron chi connectivity index (χ3n) is 5.93. The van der Waals surface area contributed by atoms with Gasteiger partial charge in [0.1, 0.15) is 0 Å². The number of rotatable bonds is 12. The van der Waals surface area contributed by atoms with E-state index in [1.54, 1.807) is 11.8 Å². The van der Waals surface area contributed by atoms with Gasteiger partial charge in [-0.1, -0.05) is 101 Å². The number of hydrogen-bond donors (Lipinski definition) is 1. The van der Waals surface area contributed by atoms with E-state index < -0.39 is 5.97 Å². The average molecular weight is 411 g/mol. The first-order valence-electron chi connectivity index (χ1n) is 11.3. The van der Waals surface area contributed by atoms with Crippen LogP contribution in [-0.4, -0.2) is 11.1 Å². The third kappa shape index (κ3) is 6.12. The first-order valence-corrected chi connectivity index (χ1v) is 12.2. The molecule has 29 heavy (non-hydrogen) atoms. The number of aromatic carboxylic acids is 1. The lowest BCUT2D eigenvalue weighted by Gasteiger charge is -2.22. The van der Waals surface area contributed by atoms with Crippen LogP contribution in [0.1, 0.15) is 98.2 Å². The van der Waals surface area contributed by atoms with Crippen LogP contribution in [0.5, 0.6) is 0 Å². The van der Waals surface area contributed by atoms with Gasteiger partial charge < -0.3 is 5.11 Å². The number of carbonyl (C=O) groups is 1. The lowest BCUT2D eigenvalue weighted by molar-refractivity contribution is 0.0694. The highest BCUT2D eigenvalue weighted by Gasteiger charge is 2.24. The van der Waals surface area contributed by atoms with Crippen molar-refractivity contribution in [2.24, 2.45) is 0 Å². The van der Waals surface area contributed by atoms with Crippen molar-refractivity contribution in [1.29, 1.82) is 0 Å². The summed E-state index contributed by atoms with van der Waals surface area (Å²) in [6, 6.07) is 12.5. The van der Waals surface area contributed by atoms with E-state index in [9.17, 15) is 9.90 Å². The molecule has 1 N–H and O–H groups in total. The van der Waals surface area contributed by atoms with Crippen molar-refractivity contribution in [2.45, 2.75) is 93.8 Å². The smallest absolute Gasteiger partial charge is 0.336 e. The molecule has 3 heteroatoms. The van der Waals surface area contributed by atoms with Crippen LogP contribution in [0.3, 0.4) is 0 Å². The minimum Gasteiger partial charge on any atom is -0.478 e. The quantitative estimate of drug-likeness (QED) is 0.308. The molecule has 0 saturated carbocycles. The monoisotopic (exact) mass is 410 g/mol. The maximum Gasteiger partial charge on any atom is 0.336 e. The Morgan fingerprint density at radius 2 is 1.52 bits per heavy atom. The standard InChI is InChI=1S/C26H34O2S/c1-2-3-4-5-6-7-8-9-10-11-14-20-17-18-24-22(25(20)26(27)28)19-21-15-12-13-16-23(21)29-24/h12-13,15-18H,2-11,14,19H2,1H3,(H,27,28). The van der Waals surface area contributed by atoms with Gasteiger partial charge in [-0.15, -0.1) is 0 Å². The first kappa shape index (κ1) is 22.0. The van der Waals surface area contributed by atoms with Crippen molar-refractivity contribution in [1.82, 2.24) is 0 Å². The summed E-state index contributed by atoms with van der Waals surface area (Å²) in [6.07, 6.45) is 14.6. The molecule has 0 bridgehead atoms. The van der Waals surface area contributed by atoms with Crippen molar-refractivity contribution < 1.29 is 9.90 Å². The van der Waals surface area contributed by atoms with Gasteiger partial charge in [-0.3, -0.25) is 0 Å². The van der Waals surface area contributed by atoms with Gasteiger partial charge in [0.05, 0.1) is 5.56 Å². The fourth-order valence-electron chi connectivity index (χ4n) is 4.28. The zero-order valence-corrected chi connectivity index (χ0v) is 18.5. The molecule has 2 aromatic rings. The summed E-state index contributed by atoms with van der Waals surface area (Å²) in [5.74, 6) is -0.774. The number of benzene rings is 2. The van der Waals surface area contributed by atoms with Crippen LogP contribution < -0.4 is 0 Å². The van der Waals surface area contributed by atoms with Gasteiger partial charge in [0, 0.05) is 16.2 Å². The summed E-state index contributed by atoms with van der Waals surface area (Å²) >= 11 is 1.70. The Morgan fingerprint density at radius 1 is 0.862 bits per heavy atom. The van der Waals surface area contributed by atoms with Gasteiger partial charge in [0.15, 0.2) is 0 Å². The molecule has 0 radical (unpaired) electrons. The summed E-state index contributed by atoms with van der Waals surface area (Å²) < 4.78 is 0. The molecule has 1 heterocycles. The normalized spacial score (nSPS) is 12.4. The predicted molar refractivity (Wildman–Crippen MR) is 122 cm³/mol. The SMILES string of the molecule is CCCCCCCCCCCCc1ccc2c(c1C(=O)O)Cc1ccccc1S2. The van der Waals surface area contributed by atoms with Gasteiger partial charge in [0.25, 0.3) is 0 Å². The Morgan fingerprint density at radius 3 is 2.21 bits per heavy atom. The summed E-state index contributed by atoms with van der Waals surface area (Å²) in [5.41, 5.74) is 3.81. The number of fused-ring (bicyclic) bond motifs is 2. The van der Waals surface area contributed by atoms with Gasteiger partial charge in [0.2, 0.25) is 0 Å². The lowest BCUT2D eigenvalue weighted by Crippen LogP contribution is -2.12. The van der Waals surface area contributed by atoms with Gasteiger partial charge in [-0.25, -0.2) is 4.79 Å². The van der Waals surface area contributed by atoms with Crippen LogP contribution in [0.2, 0.25) is 0 Å². The molecule has 2 aromatic carbocycles. The summed E-state index contributed by atoms with van der Waals surface area (Å²) in [5, 5.41) is 9.92. The Balaban J connectivity index is 1.51. The molecule has 1 aliphatic heterocycles. The Labute approximate surface area is 180 Å². The largest absolute Gasteiger partial charge is 0.478 e. The van der Waals surface area contributed by atoms with Crippen LogP contribution in [-0.2, 0) is 12.8 Å². The molecular weight excluding hydrogens is 376 g/mol. The van der Waals surface area contributed by atoms with E-state index in [1.165, 1.54) is 68.2 Å². The second kappa shape index (κ2) is 11.4. The Kier molecular flexibility index (Phi) is 8.67. The Hall–Kier alpha value is -1.74. The minimum absolute atomic E-state index is 0.556. The predicted octanol–water partition coefficient (Wildman–Crippen LogP) is 7.90. The van der Waals surface area contributed by atoms with Crippen molar-refractivity contribution in [3.05, 3.63) is 58.7 Å². The van der Waals surface area contributed by atoms with Crippen LogP contribution in [0.15, 0.2) is 46.2 Å².